The molecule has 1 aliphatic rings. The van der Waals surface area contributed by atoms with Gasteiger partial charge in [-0.3, -0.25) is 9.59 Å². The molecule has 5 heteroatoms. The van der Waals surface area contributed by atoms with E-state index in [0.717, 1.165) is 12.0 Å². The fourth-order valence-corrected chi connectivity index (χ4v) is 3.76. The van der Waals surface area contributed by atoms with Gasteiger partial charge in [0.25, 0.3) is 0 Å². The normalized spacial score (nSPS) is 23.1. The Balaban J connectivity index is 2.28. The van der Waals surface area contributed by atoms with Crippen LogP contribution in [0.4, 0.5) is 0 Å². The number of aliphatic carboxylic acids is 1. The molecule has 1 aromatic carbocycles. The molecule has 1 aromatic rings. The minimum atomic E-state index is -1.00. The average Bonchev–Trinajstić information content (AvgIpc) is 2.63. The molecular weight excluding hydrogens is 318 g/mol. The summed E-state index contributed by atoms with van der Waals surface area (Å²) in [5.41, 5.74) is -0.000561. The first-order chi connectivity index (χ1) is 11.9. The summed E-state index contributed by atoms with van der Waals surface area (Å²) in [6.07, 6.45) is 2.12. The van der Waals surface area contributed by atoms with Crippen LogP contribution >= 0.6 is 0 Å². The zero-order valence-electron chi connectivity index (χ0n) is 15.4. The van der Waals surface area contributed by atoms with Crippen molar-refractivity contribution >= 4 is 11.9 Å². The van der Waals surface area contributed by atoms with E-state index in [1.807, 2.05) is 30.3 Å². The highest BCUT2D eigenvalue weighted by molar-refractivity contribution is 5.85. The van der Waals surface area contributed by atoms with Crippen LogP contribution in [-0.2, 0) is 14.3 Å². The Morgan fingerprint density at radius 2 is 2.00 bits per heavy atom. The zero-order chi connectivity index (χ0) is 18.4. The topological polar surface area (TPSA) is 66.8 Å². The van der Waals surface area contributed by atoms with Gasteiger partial charge in [-0.1, -0.05) is 50.6 Å². The minimum Gasteiger partial charge on any atom is -0.481 e. The first kappa shape index (κ1) is 19.4. The smallest absolute Gasteiger partial charge is 0.313 e. The molecule has 2 rings (SSSR count). The lowest BCUT2D eigenvalue weighted by Gasteiger charge is -2.41. The summed E-state index contributed by atoms with van der Waals surface area (Å²) < 4.78 is 5.17. The van der Waals surface area contributed by atoms with E-state index in [1.54, 1.807) is 4.90 Å². The molecule has 0 saturated carbocycles. The van der Waals surface area contributed by atoms with E-state index in [0.29, 0.717) is 19.4 Å². The maximum absolute atomic E-state index is 13.3. The summed E-state index contributed by atoms with van der Waals surface area (Å²) in [6.45, 7) is 5.12. The van der Waals surface area contributed by atoms with Crippen LogP contribution in [0.1, 0.15) is 44.6 Å². The Kier molecular flexibility index (Phi) is 6.59. The molecular formula is C20H29NO4. The number of benzene rings is 1. The SMILES string of the molecule is CCC(C)C(C(=O)N1CCCC(COC)(C(=O)O)C1)c1ccccc1. The number of hydrogen-bond acceptors (Lipinski definition) is 3. The van der Waals surface area contributed by atoms with E-state index in [-0.39, 0.29) is 30.9 Å². The number of carboxylic acid groups (broad SMARTS) is 1. The lowest BCUT2D eigenvalue weighted by atomic mass is 9.78. The molecule has 1 fully saturated rings. The molecule has 1 aliphatic heterocycles. The molecule has 3 unspecified atom stereocenters. The van der Waals surface area contributed by atoms with E-state index in [4.69, 9.17) is 4.74 Å². The molecule has 0 spiro atoms. The predicted molar refractivity (Wildman–Crippen MR) is 96.4 cm³/mol. The number of carboxylic acids is 1. The monoisotopic (exact) mass is 347 g/mol. The third-order valence-electron chi connectivity index (χ3n) is 5.40. The zero-order valence-corrected chi connectivity index (χ0v) is 15.4. The Labute approximate surface area is 150 Å². The molecule has 1 heterocycles. The fraction of sp³-hybridized carbons (Fsp3) is 0.600. The summed E-state index contributed by atoms with van der Waals surface area (Å²) in [4.78, 5) is 26.9. The first-order valence-corrected chi connectivity index (χ1v) is 9.01. The molecule has 0 radical (unpaired) electrons. The number of rotatable bonds is 7. The summed E-state index contributed by atoms with van der Waals surface area (Å²) in [7, 11) is 1.51. The number of carbonyl (C=O) groups excluding carboxylic acids is 1. The van der Waals surface area contributed by atoms with Crippen LogP contribution in [0.3, 0.4) is 0 Å². The largest absolute Gasteiger partial charge is 0.481 e. The number of nitrogens with zero attached hydrogens (tertiary/aromatic N) is 1. The Hall–Kier alpha value is -1.88. The number of carbonyl (C=O) groups is 2. The van der Waals surface area contributed by atoms with Crippen LogP contribution in [0.5, 0.6) is 0 Å². The van der Waals surface area contributed by atoms with E-state index in [9.17, 15) is 14.7 Å². The van der Waals surface area contributed by atoms with Gasteiger partial charge in [-0.2, -0.15) is 0 Å². The highest BCUT2D eigenvalue weighted by Gasteiger charge is 2.45. The van der Waals surface area contributed by atoms with Crippen molar-refractivity contribution in [2.75, 3.05) is 26.8 Å². The third-order valence-corrected chi connectivity index (χ3v) is 5.40. The molecule has 3 atom stereocenters. The second kappa shape index (κ2) is 8.48. The molecule has 138 valence electrons. The summed E-state index contributed by atoms with van der Waals surface area (Å²) >= 11 is 0. The van der Waals surface area contributed by atoms with Gasteiger partial charge < -0.3 is 14.7 Å². The van der Waals surface area contributed by atoms with E-state index in [1.165, 1.54) is 7.11 Å². The van der Waals surface area contributed by atoms with Gasteiger partial charge >= 0.3 is 5.97 Å². The van der Waals surface area contributed by atoms with Crippen molar-refractivity contribution in [3.05, 3.63) is 35.9 Å². The summed E-state index contributed by atoms with van der Waals surface area (Å²) in [5.74, 6) is -0.898. The molecule has 0 aromatic heterocycles. The standard InChI is InChI=1S/C20H29NO4/c1-4-15(2)17(16-9-6-5-7-10-16)18(22)21-12-8-11-20(13-21,14-25-3)19(23)24/h5-7,9-10,15,17H,4,8,11-14H2,1-3H3,(H,23,24). The lowest BCUT2D eigenvalue weighted by molar-refractivity contribution is -0.159. The molecule has 1 saturated heterocycles. The van der Waals surface area contributed by atoms with E-state index >= 15 is 0 Å². The number of likely N-dealkylation sites (tertiary alicyclic amines) is 1. The number of hydrogen-bond donors (Lipinski definition) is 1. The maximum atomic E-state index is 13.3. The second-order valence-electron chi connectivity index (χ2n) is 7.16. The van der Waals surface area contributed by atoms with Crippen LogP contribution < -0.4 is 0 Å². The van der Waals surface area contributed by atoms with Crippen LogP contribution in [0, 0.1) is 11.3 Å². The molecule has 25 heavy (non-hydrogen) atoms. The van der Waals surface area contributed by atoms with Gasteiger partial charge in [0.15, 0.2) is 0 Å². The minimum absolute atomic E-state index is 0.0296. The van der Waals surface area contributed by atoms with Crippen molar-refractivity contribution in [2.24, 2.45) is 11.3 Å². The van der Waals surface area contributed by atoms with Crippen molar-refractivity contribution in [2.45, 2.75) is 39.0 Å². The van der Waals surface area contributed by atoms with Crippen LogP contribution in [0.2, 0.25) is 0 Å². The summed E-state index contributed by atoms with van der Waals surface area (Å²) in [6, 6.07) is 9.80. The van der Waals surface area contributed by atoms with E-state index < -0.39 is 11.4 Å². The Morgan fingerprint density at radius 3 is 2.56 bits per heavy atom. The van der Waals surface area contributed by atoms with E-state index in [2.05, 4.69) is 13.8 Å². The average molecular weight is 347 g/mol. The van der Waals surface area contributed by atoms with Crippen molar-refractivity contribution in [3.8, 4) is 0 Å². The van der Waals surface area contributed by atoms with Crippen molar-refractivity contribution in [1.82, 2.24) is 4.90 Å². The maximum Gasteiger partial charge on any atom is 0.313 e. The van der Waals surface area contributed by atoms with Crippen molar-refractivity contribution in [1.29, 1.82) is 0 Å². The van der Waals surface area contributed by atoms with Crippen LogP contribution in [0.25, 0.3) is 0 Å². The number of amides is 1. The highest BCUT2D eigenvalue weighted by Crippen LogP contribution is 2.35. The predicted octanol–water partition coefficient (Wildman–Crippen LogP) is 3.16. The lowest BCUT2D eigenvalue weighted by Crippen LogP contribution is -2.53. The van der Waals surface area contributed by atoms with Crippen molar-refractivity contribution in [3.63, 3.8) is 0 Å². The molecule has 0 aliphatic carbocycles. The van der Waals surface area contributed by atoms with Gasteiger partial charge in [-0.05, 0) is 24.3 Å². The number of piperidine rings is 1. The van der Waals surface area contributed by atoms with Crippen molar-refractivity contribution < 1.29 is 19.4 Å². The third kappa shape index (κ3) is 4.21. The quantitative estimate of drug-likeness (QED) is 0.823. The Bertz CT molecular complexity index is 585. The molecule has 5 nitrogen and oxygen atoms in total. The number of methoxy groups -OCH3 is 1. The van der Waals surface area contributed by atoms with Gasteiger partial charge in [0, 0.05) is 20.2 Å². The molecule has 0 bridgehead atoms. The van der Waals surface area contributed by atoms with Crippen LogP contribution in [-0.4, -0.2) is 48.7 Å². The second-order valence-corrected chi connectivity index (χ2v) is 7.16. The molecule has 1 amide bonds. The molecule has 1 N–H and O–H groups in total. The van der Waals surface area contributed by atoms with Gasteiger partial charge in [-0.25, -0.2) is 0 Å². The highest BCUT2D eigenvalue weighted by atomic mass is 16.5. The fourth-order valence-electron chi connectivity index (χ4n) is 3.76. The summed E-state index contributed by atoms with van der Waals surface area (Å²) in [5, 5.41) is 9.71. The number of ether oxygens (including phenoxy) is 1. The Morgan fingerprint density at radius 1 is 1.32 bits per heavy atom. The first-order valence-electron chi connectivity index (χ1n) is 9.01. The van der Waals surface area contributed by atoms with Gasteiger partial charge in [0.1, 0.15) is 5.41 Å². The van der Waals surface area contributed by atoms with Gasteiger partial charge in [0.05, 0.1) is 12.5 Å². The van der Waals surface area contributed by atoms with Gasteiger partial charge in [0.2, 0.25) is 5.91 Å². The van der Waals surface area contributed by atoms with Gasteiger partial charge in [-0.15, -0.1) is 0 Å². The van der Waals surface area contributed by atoms with Crippen LogP contribution in [0.15, 0.2) is 30.3 Å².